The van der Waals surface area contributed by atoms with Crippen molar-refractivity contribution in [1.29, 1.82) is 0 Å². The fourth-order valence-corrected chi connectivity index (χ4v) is 3.11. The molecule has 0 unspecified atom stereocenters. The molecule has 3 aromatic rings. The topological polar surface area (TPSA) is 67.4 Å². The first-order valence-corrected chi connectivity index (χ1v) is 10.6. The summed E-state index contributed by atoms with van der Waals surface area (Å²) in [5, 5.41) is 5.80. The molecule has 5 heteroatoms. The second-order valence-corrected chi connectivity index (χ2v) is 7.38. The van der Waals surface area contributed by atoms with E-state index in [0.29, 0.717) is 29.1 Å². The number of hydrogen-bond acceptors (Lipinski definition) is 3. The van der Waals surface area contributed by atoms with Crippen LogP contribution in [0.1, 0.15) is 52.5 Å². The number of unbranched alkanes of at least 4 members (excludes halogenated alkanes) is 2. The molecule has 0 fully saturated rings. The van der Waals surface area contributed by atoms with Gasteiger partial charge in [0.25, 0.3) is 11.8 Å². The van der Waals surface area contributed by atoms with Crippen molar-refractivity contribution in [2.45, 2.75) is 33.1 Å². The van der Waals surface area contributed by atoms with Gasteiger partial charge in [-0.3, -0.25) is 9.59 Å². The quantitative estimate of drug-likeness (QED) is 0.416. The molecule has 0 aromatic heterocycles. The molecule has 0 bridgehead atoms. The highest BCUT2D eigenvalue weighted by Crippen LogP contribution is 2.21. The van der Waals surface area contributed by atoms with Gasteiger partial charge in [0, 0.05) is 22.5 Å². The van der Waals surface area contributed by atoms with Crippen LogP contribution in [0, 0.1) is 6.92 Å². The van der Waals surface area contributed by atoms with Crippen molar-refractivity contribution in [3.8, 4) is 5.75 Å². The Kier molecular flexibility index (Phi) is 7.82. The zero-order chi connectivity index (χ0) is 22.1. The minimum absolute atomic E-state index is 0.169. The zero-order valence-electron chi connectivity index (χ0n) is 18.0. The molecule has 0 saturated heterocycles. The Morgan fingerprint density at radius 3 is 2.16 bits per heavy atom. The summed E-state index contributed by atoms with van der Waals surface area (Å²) < 4.78 is 5.69. The summed E-state index contributed by atoms with van der Waals surface area (Å²) in [6, 6.07) is 21.6. The number of nitrogens with one attached hydrogen (secondary N) is 2. The van der Waals surface area contributed by atoms with E-state index in [1.807, 2.05) is 43.3 Å². The third-order valence-electron chi connectivity index (χ3n) is 4.90. The van der Waals surface area contributed by atoms with Gasteiger partial charge in [-0.05, 0) is 73.5 Å². The summed E-state index contributed by atoms with van der Waals surface area (Å²) in [5.74, 6) is 0.400. The maximum absolute atomic E-state index is 12.6. The van der Waals surface area contributed by atoms with Crippen LogP contribution in [0.2, 0.25) is 0 Å². The summed E-state index contributed by atoms with van der Waals surface area (Å²) in [6.07, 6.45) is 3.33. The number of ether oxygens (including phenoxy) is 1. The zero-order valence-corrected chi connectivity index (χ0v) is 18.0. The molecular weight excluding hydrogens is 388 g/mol. The average molecular weight is 417 g/mol. The third kappa shape index (κ3) is 6.44. The Bertz CT molecular complexity index is 1010. The monoisotopic (exact) mass is 416 g/mol. The fraction of sp³-hybridized carbons (Fsp3) is 0.231. The molecule has 3 rings (SSSR count). The SMILES string of the molecule is CCCCCOc1ccc(C(=O)Nc2ccc(NC(=O)c3ccccc3)c(C)c2)cc1. The van der Waals surface area contributed by atoms with Crippen molar-refractivity contribution in [2.75, 3.05) is 17.2 Å². The first-order valence-electron chi connectivity index (χ1n) is 10.6. The van der Waals surface area contributed by atoms with Crippen LogP contribution >= 0.6 is 0 Å². The molecule has 5 nitrogen and oxygen atoms in total. The van der Waals surface area contributed by atoms with Crippen LogP contribution in [0.15, 0.2) is 72.8 Å². The van der Waals surface area contributed by atoms with Crippen molar-refractivity contribution in [1.82, 2.24) is 0 Å². The second kappa shape index (κ2) is 11.0. The summed E-state index contributed by atoms with van der Waals surface area (Å²) in [6.45, 7) is 4.73. The molecule has 31 heavy (non-hydrogen) atoms. The molecule has 0 spiro atoms. The van der Waals surface area contributed by atoms with Crippen LogP contribution in [0.3, 0.4) is 0 Å². The maximum Gasteiger partial charge on any atom is 0.255 e. The smallest absolute Gasteiger partial charge is 0.255 e. The van der Waals surface area contributed by atoms with E-state index >= 15 is 0 Å². The molecular formula is C26H28N2O3. The van der Waals surface area contributed by atoms with Crippen LogP contribution in [0.25, 0.3) is 0 Å². The molecule has 160 valence electrons. The Morgan fingerprint density at radius 2 is 1.48 bits per heavy atom. The lowest BCUT2D eigenvalue weighted by Gasteiger charge is -2.12. The number of anilines is 2. The molecule has 2 N–H and O–H groups in total. The lowest BCUT2D eigenvalue weighted by molar-refractivity contribution is 0.101. The van der Waals surface area contributed by atoms with Gasteiger partial charge >= 0.3 is 0 Å². The van der Waals surface area contributed by atoms with Gasteiger partial charge in [-0.1, -0.05) is 38.0 Å². The van der Waals surface area contributed by atoms with Crippen LogP contribution in [-0.2, 0) is 0 Å². The molecule has 3 aromatic carbocycles. The van der Waals surface area contributed by atoms with Gasteiger partial charge in [0.1, 0.15) is 5.75 Å². The molecule has 0 radical (unpaired) electrons. The van der Waals surface area contributed by atoms with Gasteiger partial charge in [-0.25, -0.2) is 0 Å². The number of aryl methyl sites for hydroxylation is 1. The number of hydrogen-bond donors (Lipinski definition) is 2. The molecule has 0 saturated carbocycles. The van der Waals surface area contributed by atoms with Gasteiger partial charge < -0.3 is 15.4 Å². The van der Waals surface area contributed by atoms with Crippen molar-refractivity contribution < 1.29 is 14.3 Å². The van der Waals surface area contributed by atoms with Gasteiger partial charge in [-0.15, -0.1) is 0 Å². The molecule has 0 aliphatic rings. The van der Waals surface area contributed by atoms with Crippen LogP contribution in [-0.4, -0.2) is 18.4 Å². The fourth-order valence-electron chi connectivity index (χ4n) is 3.11. The Balaban J connectivity index is 1.58. The summed E-state index contributed by atoms with van der Waals surface area (Å²) in [4.78, 5) is 24.9. The van der Waals surface area contributed by atoms with Gasteiger partial charge in [0.05, 0.1) is 6.61 Å². The van der Waals surface area contributed by atoms with E-state index < -0.39 is 0 Å². The molecule has 0 aliphatic heterocycles. The Morgan fingerprint density at radius 1 is 0.806 bits per heavy atom. The highest BCUT2D eigenvalue weighted by Gasteiger charge is 2.10. The third-order valence-corrected chi connectivity index (χ3v) is 4.90. The molecule has 0 aliphatic carbocycles. The second-order valence-electron chi connectivity index (χ2n) is 7.38. The number of amides is 2. The minimum Gasteiger partial charge on any atom is -0.494 e. The Labute approximate surface area is 183 Å². The van der Waals surface area contributed by atoms with Gasteiger partial charge in [-0.2, -0.15) is 0 Å². The van der Waals surface area contributed by atoms with E-state index in [0.717, 1.165) is 30.6 Å². The summed E-state index contributed by atoms with van der Waals surface area (Å²) >= 11 is 0. The molecule has 2 amide bonds. The first kappa shape index (κ1) is 22.1. The van der Waals surface area contributed by atoms with Crippen molar-refractivity contribution in [2.24, 2.45) is 0 Å². The lowest BCUT2D eigenvalue weighted by Crippen LogP contribution is -2.14. The van der Waals surface area contributed by atoms with Crippen LogP contribution in [0.5, 0.6) is 5.75 Å². The molecule has 0 atom stereocenters. The number of carbonyl (C=O) groups excluding carboxylic acids is 2. The van der Waals surface area contributed by atoms with Crippen molar-refractivity contribution in [3.05, 3.63) is 89.5 Å². The number of rotatable bonds is 9. The summed E-state index contributed by atoms with van der Waals surface area (Å²) in [5.41, 5.74) is 3.38. The van der Waals surface area contributed by atoms with Crippen molar-refractivity contribution in [3.63, 3.8) is 0 Å². The lowest BCUT2D eigenvalue weighted by atomic mass is 10.1. The van der Waals surface area contributed by atoms with E-state index in [9.17, 15) is 9.59 Å². The normalized spacial score (nSPS) is 10.4. The standard InChI is InChI=1S/C26H28N2O3/c1-3-4-8-17-31-23-14-11-21(12-15-23)25(29)27-22-13-16-24(19(2)18-22)28-26(30)20-9-6-5-7-10-20/h5-7,9-16,18H,3-4,8,17H2,1-2H3,(H,27,29)(H,28,30). The first-order chi connectivity index (χ1) is 15.1. The van der Waals surface area contributed by atoms with Gasteiger partial charge in [0.15, 0.2) is 0 Å². The summed E-state index contributed by atoms with van der Waals surface area (Å²) in [7, 11) is 0. The minimum atomic E-state index is -0.196. The van der Waals surface area contributed by atoms with E-state index in [1.54, 1.807) is 36.4 Å². The van der Waals surface area contributed by atoms with Gasteiger partial charge in [0.2, 0.25) is 0 Å². The van der Waals surface area contributed by atoms with Crippen molar-refractivity contribution >= 4 is 23.2 Å². The largest absolute Gasteiger partial charge is 0.494 e. The highest BCUT2D eigenvalue weighted by atomic mass is 16.5. The molecule has 0 heterocycles. The van der Waals surface area contributed by atoms with E-state index in [1.165, 1.54) is 0 Å². The van der Waals surface area contributed by atoms with E-state index in [2.05, 4.69) is 17.6 Å². The van der Waals surface area contributed by atoms with E-state index in [-0.39, 0.29) is 11.8 Å². The average Bonchev–Trinajstić information content (AvgIpc) is 2.79. The number of carbonyl (C=O) groups is 2. The van der Waals surface area contributed by atoms with E-state index in [4.69, 9.17) is 4.74 Å². The highest BCUT2D eigenvalue weighted by molar-refractivity contribution is 6.06. The van der Waals surface area contributed by atoms with Crippen LogP contribution < -0.4 is 15.4 Å². The predicted molar refractivity (Wildman–Crippen MR) is 125 cm³/mol. The van der Waals surface area contributed by atoms with Crippen LogP contribution in [0.4, 0.5) is 11.4 Å². The maximum atomic E-state index is 12.6. The predicted octanol–water partition coefficient (Wildman–Crippen LogP) is 6.07. The number of benzene rings is 3. The Hall–Kier alpha value is -3.60.